The zero-order valence-corrected chi connectivity index (χ0v) is 20.7. The molecule has 0 saturated carbocycles. The lowest BCUT2D eigenvalue weighted by Crippen LogP contribution is -2.32. The van der Waals surface area contributed by atoms with Crippen LogP contribution in [0.3, 0.4) is 0 Å². The fourth-order valence-electron chi connectivity index (χ4n) is 3.50. The van der Waals surface area contributed by atoms with Gasteiger partial charge in [-0.15, -0.1) is 0 Å². The van der Waals surface area contributed by atoms with Crippen LogP contribution in [0, 0.1) is 5.82 Å². The van der Waals surface area contributed by atoms with Gasteiger partial charge < -0.3 is 15.4 Å². The predicted octanol–water partition coefficient (Wildman–Crippen LogP) is 5.33. The Morgan fingerprint density at radius 3 is 2.54 bits per heavy atom. The number of rotatable bonds is 9. The Bertz CT molecular complexity index is 1200. The molecule has 2 aromatic carbocycles. The Morgan fingerprint density at radius 2 is 1.86 bits per heavy atom. The van der Waals surface area contributed by atoms with Crippen molar-refractivity contribution in [1.29, 1.82) is 0 Å². The van der Waals surface area contributed by atoms with Crippen molar-refractivity contribution in [2.75, 3.05) is 11.9 Å². The zero-order valence-electron chi connectivity index (χ0n) is 20.7. The summed E-state index contributed by atoms with van der Waals surface area (Å²) in [5.74, 6) is -0.0445. The zero-order chi connectivity index (χ0) is 25.4. The van der Waals surface area contributed by atoms with Gasteiger partial charge in [0.05, 0.1) is 12.2 Å². The molecule has 35 heavy (non-hydrogen) atoms. The van der Waals surface area contributed by atoms with Crippen molar-refractivity contribution in [2.45, 2.75) is 59.2 Å². The SMILES string of the molecule is CCCCNc1nc(-c2cc(F)ccc2CNC(=O)OC(C)(C)C)cc(=O)n1Cc1ccccc1. The number of carbonyl (C=O) groups is 1. The number of nitrogens with one attached hydrogen (secondary N) is 2. The van der Waals surface area contributed by atoms with E-state index in [0.29, 0.717) is 35.9 Å². The second-order valence-corrected chi connectivity index (χ2v) is 9.31. The Labute approximate surface area is 205 Å². The quantitative estimate of drug-likeness (QED) is 0.404. The van der Waals surface area contributed by atoms with Gasteiger partial charge in [-0.2, -0.15) is 0 Å². The van der Waals surface area contributed by atoms with Gasteiger partial charge in [-0.1, -0.05) is 49.7 Å². The van der Waals surface area contributed by atoms with Gasteiger partial charge in [0.15, 0.2) is 0 Å². The second kappa shape index (κ2) is 11.6. The van der Waals surface area contributed by atoms with Gasteiger partial charge in [-0.3, -0.25) is 9.36 Å². The molecule has 0 aliphatic rings. The summed E-state index contributed by atoms with van der Waals surface area (Å²) in [6.07, 6.45) is 1.32. The molecule has 2 N–H and O–H groups in total. The summed E-state index contributed by atoms with van der Waals surface area (Å²) in [4.78, 5) is 30.0. The highest BCUT2D eigenvalue weighted by atomic mass is 19.1. The third-order valence-corrected chi connectivity index (χ3v) is 5.18. The van der Waals surface area contributed by atoms with Crippen molar-refractivity contribution in [3.05, 3.63) is 81.9 Å². The van der Waals surface area contributed by atoms with Gasteiger partial charge in [0.2, 0.25) is 5.95 Å². The van der Waals surface area contributed by atoms with E-state index in [1.54, 1.807) is 31.4 Å². The van der Waals surface area contributed by atoms with Gasteiger partial charge in [0.1, 0.15) is 11.4 Å². The maximum Gasteiger partial charge on any atom is 0.407 e. The maximum atomic E-state index is 14.2. The van der Waals surface area contributed by atoms with Gasteiger partial charge in [0, 0.05) is 24.7 Å². The molecule has 1 aromatic heterocycles. The lowest BCUT2D eigenvalue weighted by Gasteiger charge is -2.20. The number of amides is 1. The number of anilines is 1. The van der Waals surface area contributed by atoms with Crippen LogP contribution >= 0.6 is 0 Å². The van der Waals surface area contributed by atoms with Crippen molar-refractivity contribution in [2.24, 2.45) is 0 Å². The van der Waals surface area contributed by atoms with Gasteiger partial charge in [-0.25, -0.2) is 14.2 Å². The standard InChI is InChI=1S/C27H33FN4O3/c1-5-6-14-29-25-31-23(16-24(33)32(25)18-19-10-8-7-9-11-19)22-15-21(28)13-12-20(22)17-30-26(34)35-27(2,3)4/h7-13,15-16H,5-6,14,17-18H2,1-4H3,(H,29,31)(H,30,34). The van der Waals surface area contributed by atoms with Crippen LogP contribution in [0.5, 0.6) is 0 Å². The molecule has 0 aliphatic carbocycles. The molecule has 1 heterocycles. The van der Waals surface area contributed by atoms with E-state index < -0.39 is 17.5 Å². The number of unbranched alkanes of at least 4 members (excludes halogenated alkanes) is 1. The molecule has 1 amide bonds. The van der Waals surface area contributed by atoms with Gasteiger partial charge >= 0.3 is 6.09 Å². The number of aromatic nitrogens is 2. The van der Waals surface area contributed by atoms with E-state index in [-0.39, 0.29) is 12.1 Å². The fourth-order valence-corrected chi connectivity index (χ4v) is 3.50. The van der Waals surface area contributed by atoms with E-state index in [2.05, 4.69) is 17.6 Å². The average Bonchev–Trinajstić information content (AvgIpc) is 2.80. The first-order valence-corrected chi connectivity index (χ1v) is 11.8. The molecule has 0 radical (unpaired) electrons. The third kappa shape index (κ3) is 7.67. The monoisotopic (exact) mass is 480 g/mol. The number of nitrogens with zero attached hydrogens (tertiary/aromatic N) is 2. The first kappa shape index (κ1) is 25.9. The lowest BCUT2D eigenvalue weighted by atomic mass is 10.0. The molecule has 0 unspecified atom stereocenters. The number of carbonyl (C=O) groups excluding carboxylic acids is 1. The predicted molar refractivity (Wildman–Crippen MR) is 136 cm³/mol. The Balaban J connectivity index is 1.97. The molecular formula is C27H33FN4O3. The first-order valence-electron chi connectivity index (χ1n) is 11.8. The molecule has 3 rings (SSSR count). The van der Waals surface area contributed by atoms with Crippen molar-refractivity contribution in [3.8, 4) is 11.3 Å². The minimum absolute atomic E-state index is 0.0951. The number of alkyl carbamates (subject to hydrolysis) is 1. The number of ether oxygens (including phenoxy) is 1. The molecule has 3 aromatic rings. The number of benzene rings is 2. The summed E-state index contributed by atoms with van der Waals surface area (Å²) < 4.78 is 21.1. The fraction of sp³-hybridized carbons (Fsp3) is 0.370. The first-order chi connectivity index (χ1) is 16.7. The van der Waals surface area contributed by atoms with Crippen molar-refractivity contribution in [3.63, 3.8) is 0 Å². The van der Waals surface area contributed by atoms with Crippen LogP contribution in [0.15, 0.2) is 59.4 Å². The molecule has 0 fully saturated rings. The third-order valence-electron chi connectivity index (χ3n) is 5.18. The normalized spacial score (nSPS) is 11.2. The number of hydrogen-bond acceptors (Lipinski definition) is 5. The topological polar surface area (TPSA) is 85.2 Å². The highest BCUT2D eigenvalue weighted by molar-refractivity contribution is 5.69. The van der Waals surface area contributed by atoms with E-state index in [0.717, 1.165) is 18.4 Å². The summed E-state index contributed by atoms with van der Waals surface area (Å²) in [5, 5.41) is 5.95. The molecule has 0 spiro atoms. The van der Waals surface area contributed by atoms with E-state index in [1.807, 2.05) is 30.3 Å². The van der Waals surface area contributed by atoms with Crippen LogP contribution in [0.4, 0.5) is 15.1 Å². The molecule has 0 saturated heterocycles. The smallest absolute Gasteiger partial charge is 0.407 e. The van der Waals surface area contributed by atoms with E-state index >= 15 is 0 Å². The number of halogens is 1. The molecule has 7 nitrogen and oxygen atoms in total. The van der Waals surface area contributed by atoms with Gasteiger partial charge in [0.25, 0.3) is 5.56 Å². The Kier molecular flexibility index (Phi) is 8.63. The van der Waals surface area contributed by atoms with E-state index in [4.69, 9.17) is 9.72 Å². The van der Waals surface area contributed by atoms with Crippen molar-refractivity contribution < 1.29 is 13.9 Å². The minimum Gasteiger partial charge on any atom is -0.444 e. The summed E-state index contributed by atoms with van der Waals surface area (Å²) in [6, 6.07) is 15.3. The second-order valence-electron chi connectivity index (χ2n) is 9.31. The van der Waals surface area contributed by atoms with Crippen LogP contribution < -0.4 is 16.2 Å². The Morgan fingerprint density at radius 1 is 1.11 bits per heavy atom. The summed E-state index contributed by atoms with van der Waals surface area (Å²) >= 11 is 0. The number of hydrogen-bond donors (Lipinski definition) is 2. The van der Waals surface area contributed by atoms with Gasteiger partial charge in [-0.05, 0) is 50.5 Å². The van der Waals surface area contributed by atoms with Crippen molar-refractivity contribution in [1.82, 2.24) is 14.9 Å². The maximum absolute atomic E-state index is 14.2. The largest absolute Gasteiger partial charge is 0.444 e. The van der Waals surface area contributed by atoms with E-state index in [1.165, 1.54) is 18.2 Å². The molecule has 0 atom stereocenters. The lowest BCUT2D eigenvalue weighted by molar-refractivity contribution is 0.0523. The molecular weight excluding hydrogens is 447 g/mol. The summed E-state index contributed by atoms with van der Waals surface area (Å²) in [5.41, 5.74) is 1.45. The molecule has 186 valence electrons. The van der Waals surface area contributed by atoms with Crippen LogP contribution in [-0.2, 0) is 17.8 Å². The van der Waals surface area contributed by atoms with Crippen LogP contribution in [0.25, 0.3) is 11.3 Å². The molecule has 0 bridgehead atoms. The van der Waals surface area contributed by atoms with Crippen molar-refractivity contribution >= 4 is 12.0 Å². The van der Waals surface area contributed by atoms with Crippen LogP contribution in [0.1, 0.15) is 51.7 Å². The van der Waals surface area contributed by atoms with Crippen LogP contribution in [-0.4, -0.2) is 27.8 Å². The Hall–Kier alpha value is -3.68. The summed E-state index contributed by atoms with van der Waals surface area (Å²) in [6.45, 7) is 8.51. The minimum atomic E-state index is -0.639. The molecule has 0 aliphatic heterocycles. The highest BCUT2D eigenvalue weighted by Gasteiger charge is 2.18. The average molecular weight is 481 g/mol. The van der Waals surface area contributed by atoms with E-state index in [9.17, 15) is 14.0 Å². The molecule has 8 heteroatoms. The summed E-state index contributed by atoms with van der Waals surface area (Å²) in [7, 11) is 0. The highest BCUT2D eigenvalue weighted by Crippen LogP contribution is 2.24. The van der Waals surface area contributed by atoms with Crippen LogP contribution in [0.2, 0.25) is 0 Å².